The van der Waals surface area contributed by atoms with Crippen LogP contribution >= 0.6 is 11.3 Å². The summed E-state index contributed by atoms with van der Waals surface area (Å²) in [6.07, 6.45) is -0.0635. The Kier molecular flexibility index (Phi) is 4.95. The molecule has 0 aliphatic heterocycles. The van der Waals surface area contributed by atoms with E-state index < -0.39 is 17.9 Å². The van der Waals surface area contributed by atoms with Crippen molar-refractivity contribution in [3.05, 3.63) is 16.8 Å². The van der Waals surface area contributed by atoms with Gasteiger partial charge in [-0.2, -0.15) is 16.1 Å². The van der Waals surface area contributed by atoms with Crippen LogP contribution in [0.15, 0.2) is 16.8 Å². The Balaban J connectivity index is 1.95. The van der Waals surface area contributed by atoms with Crippen molar-refractivity contribution in [3.63, 3.8) is 0 Å². The van der Waals surface area contributed by atoms with Crippen molar-refractivity contribution in [1.29, 1.82) is 0 Å². The topological polar surface area (TPSA) is 130 Å². The van der Waals surface area contributed by atoms with Crippen LogP contribution < -0.4 is 5.32 Å². The molecule has 21 heavy (non-hydrogen) atoms. The molecule has 112 valence electrons. The van der Waals surface area contributed by atoms with E-state index in [1.54, 1.807) is 0 Å². The number of hydrogen-bond acceptors (Lipinski definition) is 7. The molecule has 3 N–H and O–H groups in total. The molecule has 1 atom stereocenters. The summed E-state index contributed by atoms with van der Waals surface area (Å²) < 4.78 is 0. The number of carboxylic acid groups (broad SMARTS) is 1. The molecule has 0 aromatic carbocycles. The van der Waals surface area contributed by atoms with Crippen molar-refractivity contribution in [2.45, 2.75) is 19.0 Å². The van der Waals surface area contributed by atoms with E-state index in [1.165, 1.54) is 11.3 Å². The first-order chi connectivity index (χ1) is 10.1. The first-order valence-corrected chi connectivity index (χ1v) is 6.98. The van der Waals surface area contributed by atoms with Crippen LogP contribution in [0.4, 0.5) is 0 Å². The molecule has 0 bridgehead atoms. The molecular weight excluding hydrogens is 298 g/mol. The van der Waals surface area contributed by atoms with Gasteiger partial charge in [-0.25, -0.2) is 4.79 Å². The molecule has 0 aliphatic rings. The van der Waals surface area contributed by atoms with E-state index in [2.05, 4.69) is 20.7 Å². The number of nitrogens with one attached hydrogen (secondary N) is 1. The van der Waals surface area contributed by atoms with Gasteiger partial charge in [-0.3, -0.25) is 4.79 Å². The van der Waals surface area contributed by atoms with Crippen molar-refractivity contribution in [3.8, 4) is 11.4 Å². The standard InChI is InChI=1S/C11H13N5O4S/c17-3-1-8(11(19)20)12-9(18)5-16-14-10(13-15-16)7-2-4-21-6-7/h2,4,6,8,17H,1,3,5H2,(H,12,18)(H,19,20)/t8-/m0/s1. The Morgan fingerprint density at radius 3 is 2.90 bits per heavy atom. The zero-order chi connectivity index (χ0) is 15.2. The summed E-state index contributed by atoms with van der Waals surface area (Å²) >= 11 is 1.49. The highest BCUT2D eigenvalue weighted by Crippen LogP contribution is 2.16. The molecule has 9 nitrogen and oxygen atoms in total. The van der Waals surface area contributed by atoms with Crippen LogP contribution in [0.1, 0.15) is 6.42 Å². The SMILES string of the molecule is O=C(Cn1nnc(-c2ccsc2)n1)N[C@@H](CCO)C(=O)O. The van der Waals surface area contributed by atoms with E-state index >= 15 is 0 Å². The predicted octanol–water partition coefficient (Wildman–Crippen LogP) is -0.647. The Morgan fingerprint density at radius 1 is 1.48 bits per heavy atom. The van der Waals surface area contributed by atoms with E-state index in [0.717, 1.165) is 10.4 Å². The molecule has 0 saturated carbocycles. The second kappa shape index (κ2) is 6.90. The molecular formula is C11H13N5O4S. The molecule has 2 aromatic heterocycles. The van der Waals surface area contributed by atoms with Crippen molar-refractivity contribution in [2.24, 2.45) is 0 Å². The van der Waals surface area contributed by atoms with E-state index in [-0.39, 0.29) is 19.6 Å². The van der Waals surface area contributed by atoms with Crippen molar-refractivity contribution in [2.75, 3.05) is 6.61 Å². The van der Waals surface area contributed by atoms with Crippen LogP contribution in [0.25, 0.3) is 11.4 Å². The minimum absolute atomic E-state index is 0.0635. The number of nitrogens with zero attached hydrogens (tertiary/aromatic N) is 4. The van der Waals surface area contributed by atoms with Gasteiger partial charge >= 0.3 is 5.97 Å². The highest BCUT2D eigenvalue weighted by molar-refractivity contribution is 7.08. The largest absolute Gasteiger partial charge is 0.480 e. The van der Waals surface area contributed by atoms with E-state index in [0.29, 0.717) is 5.82 Å². The van der Waals surface area contributed by atoms with E-state index in [4.69, 9.17) is 10.2 Å². The zero-order valence-electron chi connectivity index (χ0n) is 10.8. The monoisotopic (exact) mass is 311 g/mol. The molecule has 2 aromatic rings. The summed E-state index contributed by atoms with van der Waals surface area (Å²) in [5.74, 6) is -1.37. The molecule has 1 amide bonds. The fraction of sp³-hybridized carbons (Fsp3) is 0.364. The molecule has 0 unspecified atom stereocenters. The second-order valence-corrected chi connectivity index (χ2v) is 4.91. The summed E-state index contributed by atoms with van der Waals surface area (Å²) in [5.41, 5.74) is 0.801. The summed E-state index contributed by atoms with van der Waals surface area (Å²) in [4.78, 5) is 23.7. The van der Waals surface area contributed by atoms with Crippen molar-refractivity contribution >= 4 is 23.2 Å². The quantitative estimate of drug-likeness (QED) is 0.619. The average Bonchev–Trinajstić information content (AvgIpc) is 3.08. The molecule has 0 spiro atoms. The Hall–Kier alpha value is -2.33. The summed E-state index contributed by atoms with van der Waals surface area (Å²) in [5, 5.41) is 35.2. The smallest absolute Gasteiger partial charge is 0.326 e. The number of carbonyl (C=O) groups is 2. The van der Waals surface area contributed by atoms with E-state index in [1.807, 2.05) is 16.8 Å². The molecule has 10 heteroatoms. The Bertz CT molecular complexity index is 612. The Morgan fingerprint density at radius 2 is 2.29 bits per heavy atom. The fourth-order valence-electron chi connectivity index (χ4n) is 1.57. The lowest BCUT2D eigenvalue weighted by Crippen LogP contribution is -2.43. The third kappa shape index (κ3) is 4.07. The summed E-state index contributed by atoms with van der Waals surface area (Å²) in [6, 6.07) is 0.690. The summed E-state index contributed by atoms with van der Waals surface area (Å²) in [7, 11) is 0. The number of aliphatic hydroxyl groups excluding tert-OH is 1. The zero-order valence-corrected chi connectivity index (χ0v) is 11.7. The predicted molar refractivity (Wildman–Crippen MR) is 72.4 cm³/mol. The van der Waals surface area contributed by atoms with Crippen LogP contribution in [-0.2, 0) is 16.1 Å². The number of tetrazole rings is 1. The number of carbonyl (C=O) groups excluding carboxylic acids is 1. The van der Waals surface area contributed by atoms with Crippen LogP contribution in [0.2, 0.25) is 0 Å². The molecule has 0 saturated heterocycles. The van der Waals surface area contributed by atoms with Crippen molar-refractivity contribution in [1.82, 2.24) is 25.5 Å². The number of aromatic nitrogens is 4. The first kappa shape index (κ1) is 15.1. The number of rotatable bonds is 7. The lowest BCUT2D eigenvalue weighted by molar-refractivity contribution is -0.142. The normalized spacial score (nSPS) is 12.0. The minimum atomic E-state index is -1.21. The van der Waals surface area contributed by atoms with Crippen LogP contribution in [-0.4, -0.2) is 54.9 Å². The van der Waals surface area contributed by atoms with Gasteiger partial charge < -0.3 is 15.5 Å². The van der Waals surface area contributed by atoms with Gasteiger partial charge in [-0.15, -0.1) is 10.2 Å². The van der Waals surface area contributed by atoms with Gasteiger partial charge in [-0.05, 0) is 16.7 Å². The third-order valence-corrected chi connectivity index (χ3v) is 3.25. The first-order valence-electron chi connectivity index (χ1n) is 6.03. The molecule has 0 aliphatic carbocycles. The summed E-state index contributed by atoms with van der Waals surface area (Å²) in [6.45, 7) is -0.576. The Labute approximate surface area is 123 Å². The maximum Gasteiger partial charge on any atom is 0.326 e. The number of aliphatic carboxylic acids is 1. The maximum absolute atomic E-state index is 11.7. The molecule has 0 radical (unpaired) electrons. The van der Waals surface area contributed by atoms with Gasteiger partial charge in [0.1, 0.15) is 12.6 Å². The highest BCUT2D eigenvalue weighted by atomic mass is 32.1. The van der Waals surface area contributed by atoms with E-state index in [9.17, 15) is 9.59 Å². The average molecular weight is 311 g/mol. The lowest BCUT2D eigenvalue weighted by atomic mass is 10.2. The third-order valence-electron chi connectivity index (χ3n) is 2.57. The number of carboxylic acids is 1. The lowest BCUT2D eigenvalue weighted by Gasteiger charge is -2.12. The fourth-order valence-corrected chi connectivity index (χ4v) is 2.21. The number of aliphatic hydroxyl groups is 1. The van der Waals surface area contributed by atoms with Crippen LogP contribution in [0.5, 0.6) is 0 Å². The number of hydrogen-bond donors (Lipinski definition) is 3. The van der Waals surface area contributed by atoms with Crippen LogP contribution in [0.3, 0.4) is 0 Å². The van der Waals surface area contributed by atoms with Crippen LogP contribution in [0, 0.1) is 0 Å². The number of amides is 1. The van der Waals surface area contributed by atoms with Crippen molar-refractivity contribution < 1.29 is 19.8 Å². The van der Waals surface area contributed by atoms with Gasteiger partial charge in [0.2, 0.25) is 11.7 Å². The maximum atomic E-state index is 11.7. The van der Waals surface area contributed by atoms with Gasteiger partial charge in [0, 0.05) is 24.0 Å². The van der Waals surface area contributed by atoms with Gasteiger partial charge in [0.25, 0.3) is 0 Å². The molecule has 0 fully saturated rings. The molecule has 2 heterocycles. The van der Waals surface area contributed by atoms with Gasteiger partial charge in [0.05, 0.1) is 0 Å². The highest BCUT2D eigenvalue weighted by Gasteiger charge is 2.20. The van der Waals surface area contributed by atoms with Gasteiger partial charge in [-0.1, -0.05) is 0 Å². The second-order valence-electron chi connectivity index (χ2n) is 4.13. The number of thiophene rings is 1. The molecule has 2 rings (SSSR count). The van der Waals surface area contributed by atoms with Gasteiger partial charge in [0.15, 0.2) is 0 Å². The minimum Gasteiger partial charge on any atom is -0.480 e.